The standard InChI is InChI=1S/C25H28N2O5S/c1-4-31-23-12-14-24(15-13-23)33(29,30)27-21-10-8-20(9-11-21)25(28)26-22-7-5-6-19(16-22)17-32-18(2)3/h5-16,18,27H,4,17H2,1-3H3,(H,26,28). The van der Waals surface area contributed by atoms with Gasteiger partial charge in [-0.2, -0.15) is 0 Å². The van der Waals surface area contributed by atoms with Crippen molar-refractivity contribution in [1.29, 1.82) is 0 Å². The molecule has 0 bridgehead atoms. The maximum atomic E-state index is 12.6. The monoisotopic (exact) mass is 468 g/mol. The molecular formula is C25H28N2O5S. The Kier molecular flexibility index (Phi) is 8.08. The molecule has 3 aromatic rings. The Bertz CT molecular complexity index is 1170. The van der Waals surface area contributed by atoms with Crippen molar-refractivity contribution in [2.75, 3.05) is 16.6 Å². The zero-order chi connectivity index (χ0) is 23.8. The average Bonchev–Trinajstić information content (AvgIpc) is 2.79. The molecule has 1 amide bonds. The molecule has 0 atom stereocenters. The number of sulfonamides is 1. The van der Waals surface area contributed by atoms with E-state index in [4.69, 9.17) is 9.47 Å². The molecule has 33 heavy (non-hydrogen) atoms. The van der Waals surface area contributed by atoms with Gasteiger partial charge in [-0.1, -0.05) is 12.1 Å². The summed E-state index contributed by atoms with van der Waals surface area (Å²) in [6.07, 6.45) is 0.119. The summed E-state index contributed by atoms with van der Waals surface area (Å²) < 4.78 is 38.7. The first kappa shape index (κ1) is 24.3. The Labute approximate surface area is 194 Å². The SMILES string of the molecule is CCOc1ccc(S(=O)(=O)Nc2ccc(C(=O)Nc3cccc(COC(C)C)c3)cc2)cc1. The molecule has 0 saturated carbocycles. The summed E-state index contributed by atoms with van der Waals surface area (Å²) in [5, 5.41) is 2.85. The highest BCUT2D eigenvalue weighted by Gasteiger charge is 2.15. The van der Waals surface area contributed by atoms with Crippen LogP contribution in [0.3, 0.4) is 0 Å². The van der Waals surface area contributed by atoms with E-state index < -0.39 is 10.0 Å². The number of carbonyl (C=O) groups is 1. The maximum absolute atomic E-state index is 12.6. The van der Waals surface area contributed by atoms with Crippen LogP contribution in [0.2, 0.25) is 0 Å². The van der Waals surface area contributed by atoms with Crippen LogP contribution < -0.4 is 14.8 Å². The van der Waals surface area contributed by atoms with E-state index in [0.717, 1.165) is 5.56 Å². The molecule has 0 heterocycles. The van der Waals surface area contributed by atoms with Crippen LogP contribution in [0.5, 0.6) is 5.75 Å². The predicted molar refractivity (Wildman–Crippen MR) is 129 cm³/mol. The first-order chi connectivity index (χ1) is 15.8. The topological polar surface area (TPSA) is 93.7 Å². The maximum Gasteiger partial charge on any atom is 0.261 e. The predicted octanol–water partition coefficient (Wildman–Crippen LogP) is 5.06. The zero-order valence-corrected chi connectivity index (χ0v) is 19.7. The van der Waals surface area contributed by atoms with E-state index in [-0.39, 0.29) is 16.9 Å². The normalized spacial score (nSPS) is 11.3. The Morgan fingerprint density at radius 1 is 0.939 bits per heavy atom. The van der Waals surface area contributed by atoms with Crippen LogP contribution in [0, 0.1) is 0 Å². The Hall–Kier alpha value is -3.36. The fraction of sp³-hybridized carbons (Fsp3) is 0.240. The number of hydrogen-bond donors (Lipinski definition) is 2. The average molecular weight is 469 g/mol. The second-order valence-corrected chi connectivity index (χ2v) is 9.28. The molecule has 0 aliphatic heterocycles. The number of nitrogens with one attached hydrogen (secondary N) is 2. The summed E-state index contributed by atoms with van der Waals surface area (Å²) in [6.45, 7) is 6.75. The lowest BCUT2D eigenvalue weighted by Gasteiger charge is -2.11. The van der Waals surface area contributed by atoms with Gasteiger partial charge in [0.05, 0.1) is 24.2 Å². The van der Waals surface area contributed by atoms with Crippen LogP contribution in [0.4, 0.5) is 11.4 Å². The van der Waals surface area contributed by atoms with Crippen LogP contribution in [0.25, 0.3) is 0 Å². The second kappa shape index (κ2) is 11.0. The molecule has 8 heteroatoms. The third-order valence-electron chi connectivity index (χ3n) is 4.61. The number of amides is 1. The van der Waals surface area contributed by atoms with Crippen molar-refractivity contribution in [3.05, 3.63) is 83.9 Å². The Morgan fingerprint density at radius 2 is 1.64 bits per heavy atom. The van der Waals surface area contributed by atoms with Gasteiger partial charge in [0.2, 0.25) is 0 Å². The van der Waals surface area contributed by atoms with Crippen molar-refractivity contribution in [2.24, 2.45) is 0 Å². The molecule has 0 aliphatic carbocycles. The van der Waals surface area contributed by atoms with E-state index >= 15 is 0 Å². The number of rotatable bonds is 10. The molecule has 0 aromatic heterocycles. The largest absolute Gasteiger partial charge is 0.494 e. The molecule has 0 saturated heterocycles. The van der Waals surface area contributed by atoms with Gasteiger partial charge in [-0.15, -0.1) is 0 Å². The van der Waals surface area contributed by atoms with Crippen molar-refractivity contribution in [2.45, 2.75) is 38.4 Å². The van der Waals surface area contributed by atoms with Gasteiger partial charge in [0.15, 0.2) is 0 Å². The molecule has 0 unspecified atom stereocenters. The molecule has 0 radical (unpaired) electrons. The minimum absolute atomic E-state index is 0.119. The highest BCUT2D eigenvalue weighted by molar-refractivity contribution is 7.92. The third kappa shape index (κ3) is 7.06. The van der Waals surface area contributed by atoms with Crippen LogP contribution in [-0.4, -0.2) is 27.0 Å². The van der Waals surface area contributed by atoms with Crippen LogP contribution >= 0.6 is 0 Å². The summed E-state index contributed by atoms with van der Waals surface area (Å²) in [5.41, 5.74) is 2.38. The van der Waals surface area contributed by atoms with Gasteiger partial charge in [0, 0.05) is 16.9 Å². The molecule has 3 aromatic carbocycles. The Morgan fingerprint density at radius 3 is 2.27 bits per heavy atom. The van der Waals surface area contributed by atoms with Crippen LogP contribution in [0.1, 0.15) is 36.7 Å². The van der Waals surface area contributed by atoms with Crippen LogP contribution in [-0.2, 0) is 21.4 Å². The molecule has 2 N–H and O–H groups in total. The molecule has 0 aliphatic rings. The lowest BCUT2D eigenvalue weighted by molar-refractivity contribution is 0.0657. The molecule has 3 rings (SSSR count). The third-order valence-corrected chi connectivity index (χ3v) is 6.01. The number of benzene rings is 3. The van der Waals surface area contributed by atoms with Crippen molar-refractivity contribution in [1.82, 2.24) is 0 Å². The summed E-state index contributed by atoms with van der Waals surface area (Å²) in [7, 11) is -3.76. The molecule has 0 fully saturated rings. The van der Waals surface area contributed by atoms with Gasteiger partial charge < -0.3 is 14.8 Å². The van der Waals surface area contributed by atoms with E-state index in [1.165, 1.54) is 12.1 Å². The lowest BCUT2D eigenvalue weighted by Crippen LogP contribution is -2.14. The molecule has 174 valence electrons. The zero-order valence-electron chi connectivity index (χ0n) is 18.9. The lowest BCUT2D eigenvalue weighted by atomic mass is 10.1. The van der Waals surface area contributed by atoms with Gasteiger partial charge in [0.1, 0.15) is 5.75 Å². The van der Waals surface area contributed by atoms with Crippen molar-refractivity contribution in [3.63, 3.8) is 0 Å². The van der Waals surface area contributed by atoms with Gasteiger partial charge >= 0.3 is 0 Å². The van der Waals surface area contributed by atoms with Crippen molar-refractivity contribution >= 4 is 27.3 Å². The first-order valence-corrected chi connectivity index (χ1v) is 12.1. The van der Waals surface area contributed by atoms with E-state index in [0.29, 0.717) is 35.9 Å². The highest BCUT2D eigenvalue weighted by atomic mass is 32.2. The Balaban J connectivity index is 1.63. The van der Waals surface area contributed by atoms with Gasteiger partial charge in [-0.3, -0.25) is 9.52 Å². The minimum Gasteiger partial charge on any atom is -0.494 e. The van der Waals surface area contributed by atoms with Crippen molar-refractivity contribution < 1.29 is 22.7 Å². The smallest absolute Gasteiger partial charge is 0.261 e. The quantitative estimate of drug-likeness (QED) is 0.434. The summed E-state index contributed by atoms with van der Waals surface area (Å²) in [4.78, 5) is 12.7. The van der Waals surface area contributed by atoms with Gasteiger partial charge in [-0.25, -0.2) is 8.42 Å². The minimum atomic E-state index is -3.76. The summed E-state index contributed by atoms with van der Waals surface area (Å²) >= 11 is 0. The molecule has 7 nitrogen and oxygen atoms in total. The van der Waals surface area contributed by atoms with E-state index in [2.05, 4.69) is 10.0 Å². The highest BCUT2D eigenvalue weighted by Crippen LogP contribution is 2.20. The summed E-state index contributed by atoms with van der Waals surface area (Å²) in [6, 6.07) is 19.9. The fourth-order valence-electron chi connectivity index (χ4n) is 2.99. The number of anilines is 2. The fourth-order valence-corrected chi connectivity index (χ4v) is 4.05. The van der Waals surface area contributed by atoms with Gasteiger partial charge in [-0.05, 0) is 87.0 Å². The first-order valence-electron chi connectivity index (χ1n) is 10.6. The van der Waals surface area contributed by atoms with Crippen LogP contribution in [0.15, 0.2) is 77.7 Å². The van der Waals surface area contributed by atoms with Gasteiger partial charge in [0.25, 0.3) is 15.9 Å². The number of hydrogen-bond acceptors (Lipinski definition) is 5. The number of carbonyl (C=O) groups excluding carboxylic acids is 1. The van der Waals surface area contributed by atoms with E-state index in [1.54, 1.807) is 42.5 Å². The number of ether oxygens (including phenoxy) is 2. The second-order valence-electron chi connectivity index (χ2n) is 7.60. The van der Waals surface area contributed by atoms with E-state index in [1.807, 2.05) is 39.0 Å². The van der Waals surface area contributed by atoms with Crippen molar-refractivity contribution in [3.8, 4) is 5.75 Å². The van der Waals surface area contributed by atoms with E-state index in [9.17, 15) is 13.2 Å². The molecular weight excluding hydrogens is 440 g/mol. The summed E-state index contributed by atoms with van der Waals surface area (Å²) in [5.74, 6) is 0.308. The molecule has 0 spiro atoms.